The summed E-state index contributed by atoms with van der Waals surface area (Å²) in [6.07, 6.45) is 4.08. The minimum Gasteiger partial charge on any atom is -0.480 e. The average Bonchev–Trinajstić information content (AvgIpc) is 2.78. The number of carbonyl (C=O) groups is 3. The van der Waals surface area contributed by atoms with Crippen molar-refractivity contribution >= 4 is 17.9 Å². The Kier molecular flexibility index (Phi) is 7.14. The smallest absolute Gasteiger partial charge is 0.321 e. The van der Waals surface area contributed by atoms with E-state index >= 15 is 0 Å². The fourth-order valence-electron chi connectivity index (χ4n) is 2.55. The van der Waals surface area contributed by atoms with E-state index in [1.807, 2.05) is 13.8 Å². The lowest BCUT2D eigenvalue weighted by Crippen LogP contribution is -2.48. The number of hydrogen-bond donors (Lipinski definition) is 3. The van der Waals surface area contributed by atoms with Gasteiger partial charge >= 0.3 is 12.0 Å². The Bertz CT molecular complexity index is 378. The molecule has 0 bridgehead atoms. The van der Waals surface area contributed by atoms with Gasteiger partial charge in [0.05, 0.1) is 13.1 Å². The molecule has 0 aromatic heterocycles. The number of aliphatic carboxylic acids is 1. The van der Waals surface area contributed by atoms with E-state index in [2.05, 4.69) is 10.6 Å². The molecule has 1 rings (SSSR count). The second kappa shape index (κ2) is 8.61. The van der Waals surface area contributed by atoms with E-state index in [0.29, 0.717) is 6.54 Å². The van der Waals surface area contributed by atoms with Gasteiger partial charge in [0, 0.05) is 12.6 Å². The maximum Gasteiger partial charge on any atom is 0.321 e. The van der Waals surface area contributed by atoms with Crippen LogP contribution in [0.15, 0.2) is 0 Å². The lowest BCUT2D eigenvalue weighted by atomic mass is 10.2. The van der Waals surface area contributed by atoms with Crippen molar-refractivity contribution in [1.29, 1.82) is 0 Å². The SMILES string of the molecule is CC(C)CN(CC(=O)O)CC(=O)NC(=O)NC1CCCC1. The van der Waals surface area contributed by atoms with Crippen molar-refractivity contribution < 1.29 is 19.5 Å². The second-order valence-corrected chi connectivity index (χ2v) is 5.96. The molecule has 0 atom stereocenters. The Labute approximate surface area is 125 Å². The van der Waals surface area contributed by atoms with Gasteiger partial charge in [-0.3, -0.25) is 19.8 Å². The van der Waals surface area contributed by atoms with Gasteiger partial charge in [0.1, 0.15) is 0 Å². The molecule has 1 aliphatic rings. The summed E-state index contributed by atoms with van der Waals surface area (Å²) in [6.45, 7) is 4.07. The van der Waals surface area contributed by atoms with Crippen LogP contribution in [0.5, 0.6) is 0 Å². The van der Waals surface area contributed by atoms with Crippen LogP contribution in [0.4, 0.5) is 4.79 Å². The topological polar surface area (TPSA) is 98.7 Å². The van der Waals surface area contributed by atoms with Gasteiger partial charge in [0.15, 0.2) is 0 Å². The van der Waals surface area contributed by atoms with Gasteiger partial charge in [-0.2, -0.15) is 0 Å². The molecule has 0 heterocycles. The molecule has 7 nitrogen and oxygen atoms in total. The van der Waals surface area contributed by atoms with E-state index in [1.54, 1.807) is 0 Å². The molecule has 7 heteroatoms. The van der Waals surface area contributed by atoms with E-state index in [4.69, 9.17) is 5.11 Å². The Balaban J connectivity index is 2.37. The van der Waals surface area contributed by atoms with E-state index in [-0.39, 0.29) is 25.0 Å². The third-order valence-corrected chi connectivity index (χ3v) is 3.29. The molecule has 0 radical (unpaired) electrons. The molecular weight excluding hydrogens is 274 g/mol. The van der Waals surface area contributed by atoms with Crippen molar-refractivity contribution in [2.24, 2.45) is 5.92 Å². The molecule has 0 aliphatic heterocycles. The number of urea groups is 1. The molecule has 0 unspecified atom stereocenters. The third kappa shape index (κ3) is 7.65. The van der Waals surface area contributed by atoms with Crippen molar-refractivity contribution in [3.05, 3.63) is 0 Å². The van der Waals surface area contributed by atoms with Gasteiger partial charge < -0.3 is 10.4 Å². The molecule has 0 saturated heterocycles. The first kappa shape index (κ1) is 17.4. The van der Waals surface area contributed by atoms with E-state index < -0.39 is 17.9 Å². The largest absolute Gasteiger partial charge is 0.480 e. The first-order valence-corrected chi connectivity index (χ1v) is 7.41. The fraction of sp³-hybridized carbons (Fsp3) is 0.786. The molecule has 0 aromatic carbocycles. The fourth-order valence-corrected chi connectivity index (χ4v) is 2.55. The number of carboxylic acid groups (broad SMARTS) is 1. The summed E-state index contributed by atoms with van der Waals surface area (Å²) in [6, 6.07) is -0.352. The molecule has 0 spiro atoms. The molecule has 3 N–H and O–H groups in total. The Morgan fingerprint density at radius 2 is 1.81 bits per heavy atom. The summed E-state index contributed by atoms with van der Waals surface area (Å²) >= 11 is 0. The van der Waals surface area contributed by atoms with Crippen molar-refractivity contribution in [3.8, 4) is 0 Å². The summed E-state index contributed by atoms with van der Waals surface area (Å²) in [5, 5.41) is 13.8. The van der Waals surface area contributed by atoms with Gasteiger partial charge in [-0.1, -0.05) is 26.7 Å². The maximum atomic E-state index is 11.8. The number of imide groups is 1. The van der Waals surface area contributed by atoms with Gasteiger partial charge in [-0.05, 0) is 18.8 Å². The van der Waals surface area contributed by atoms with Crippen LogP contribution in [0.2, 0.25) is 0 Å². The lowest BCUT2D eigenvalue weighted by molar-refractivity contribution is -0.138. The van der Waals surface area contributed by atoms with Crippen LogP contribution in [-0.4, -0.2) is 53.6 Å². The van der Waals surface area contributed by atoms with Crippen LogP contribution < -0.4 is 10.6 Å². The number of amides is 3. The zero-order valence-corrected chi connectivity index (χ0v) is 12.7. The Morgan fingerprint density at radius 1 is 1.19 bits per heavy atom. The molecule has 1 fully saturated rings. The highest BCUT2D eigenvalue weighted by atomic mass is 16.4. The summed E-state index contributed by atoms with van der Waals surface area (Å²) in [7, 11) is 0. The Hall–Kier alpha value is -1.63. The first-order chi connectivity index (χ1) is 9.86. The lowest BCUT2D eigenvalue weighted by Gasteiger charge is -2.21. The summed E-state index contributed by atoms with van der Waals surface area (Å²) < 4.78 is 0. The van der Waals surface area contributed by atoms with Crippen molar-refractivity contribution in [2.75, 3.05) is 19.6 Å². The predicted molar refractivity (Wildman–Crippen MR) is 77.8 cm³/mol. The van der Waals surface area contributed by atoms with Crippen LogP contribution in [0.25, 0.3) is 0 Å². The number of carboxylic acids is 1. The van der Waals surface area contributed by atoms with Crippen LogP contribution in [0.3, 0.4) is 0 Å². The molecule has 3 amide bonds. The number of carbonyl (C=O) groups excluding carboxylic acids is 2. The monoisotopic (exact) mass is 299 g/mol. The molecule has 0 aromatic rings. The standard InChI is InChI=1S/C14H25N3O4/c1-10(2)7-17(9-13(19)20)8-12(18)16-14(21)15-11-5-3-4-6-11/h10-11H,3-9H2,1-2H3,(H,19,20)(H2,15,16,18,21). The molecule has 21 heavy (non-hydrogen) atoms. The highest BCUT2D eigenvalue weighted by molar-refractivity contribution is 5.95. The molecule has 1 saturated carbocycles. The zero-order valence-electron chi connectivity index (χ0n) is 12.7. The van der Waals surface area contributed by atoms with Crippen LogP contribution in [0, 0.1) is 5.92 Å². The van der Waals surface area contributed by atoms with Crippen molar-refractivity contribution in [1.82, 2.24) is 15.5 Å². The highest BCUT2D eigenvalue weighted by Crippen LogP contribution is 2.17. The van der Waals surface area contributed by atoms with Crippen molar-refractivity contribution in [3.63, 3.8) is 0 Å². The quantitative estimate of drug-likeness (QED) is 0.646. The summed E-state index contributed by atoms with van der Waals surface area (Å²) in [5.74, 6) is -1.23. The van der Waals surface area contributed by atoms with Crippen LogP contribution in [0.1, 0.15) is 39.5 Å². The molecule has 1 aliphatic carbocycles. The number of nitrogens with one attached hydrogen (secondary N) is 2. The van der Waals surface area contributed by atoms with Gasteiger partial charge in [0.2, 0.25) is 5.91 Å². The third-order valence-electron chi connectivity index (χ3n) is 3.29. The maximum absolute atomic E-state index is 11.8. The minimum atomic E-state index is -0.987. The molecular formula is C14H25N3O4. The summed E-state index contributed by atoms with van der Waals surface area (Å²) in [5.41, 5.74) is 0. The van der Waals surface area contributed by atoms with Gasteiger partial charge in [-0.15, -0.1) is 0 Å². The van der Waals surface area contributed by atoms with E-state index in [0.717, 1.165) is 25.7 Å². The highest BCUT2D eigenvalue weighted by Gasteiger charge is 2.20. The normalized spacial score (nSPS) is 15.4. The Morgan fingerprint density at radius 3 is 2.33 bits per heavy atom. The minimum absolute atomic E-state index is 0.0947. The summed E-state index contributed by atoms with van der Waals surface area (Å²) in [4.78, 5) is 35.7. The number of rotatable bonds is 7. The number of hydrogen-bond acceptors (Lipinski definition) is 4. The van der Waals surface area contributed by atoms with Crippen LogP contribution >= 0.6 is 0 Å². The van der Waals surface area contributed by atoms with Crippen LogP contribution in [-0.2, 0) is 9.59 Å². The predicted octanol–water partition coefficient (Wildman–Crippen LogP) is 0.797. The van der Waals surface area contributed by atoms with E-state index in [1.165, 1.54) is 4.90 Å². The second-order valence-electron chi connectivity index (χ2n) is 5.96. The van der Waals surface area contributed by atoms with Gasteiger partial charge in [0.25, 0.3) is 0 Å². The van der Waals surface area contributed by atoms with Crippen molar-refractivity contribution in [2.45, 2.75) is 45.6 Å². The zero-order chi connectivity index (χ0) is 15.8. The molecule has 120 valence electrons. The average molecular weight is 299 g/mol. The number of nitrogens with zero attached hydrogens (tertiary/aromatic N) is 1. The van der Waals surface area contributed by atoms with Gasteiger partial charge in [-0.25, -0.2) is 4.79 Å². The first-order valence-electron chi connectivity index (χ1n) is 7.41. The van der Waals surface area contributed by atoms with E-state index in [9.17, 15) is 14.4 Å².